The average Bonchev–Trinajstić information content (AvgIpc) is 2.52. The van der Waals surface area contributed by atoms with Crippen LogP contribution in [0.5, 0.6) is 0 Å². The van der Waals surface area contributed by atoms with E-state index in [0.29, 0.717) is 5.82 Å². The van der Waals surface area contributed by atoms with Crippen LogP contribution in [0.1, 0.15) is 19.7 Å². The minimum Gasteiger partial charge on any atom is -0.314 e. The van der Waals surface area contributed by atoms with Crippen molar-refractivity contribution in [3.63, 3.8) is 0 Å². The molecular formula is C6H12N4OS. The van der Waals surface area contributed by atoms with E-state index in [-0.39, 0.29) is 10.8 Å². The molecule has 0 aromatic carbocycles. The number of rotatable bonds is 3. The molecule has 1 rings (SSSR count). The highest BCUT2D eigenvalue weighted by Crippen LogP contribution is 2.31. The van der Waals surface area contributed by atoms with Crippen molar-refractivity contribution in [1.29, 1.82) is 0 Å². The number of hydrazine groups is 1. The molecule has 0 fully saturated rings. The van der Waals surface area contributed by atoms with E-state index in [2.05, 4.69) is 15.6 Å². The summed E-state index contributed by atoms with van der Waals surface area (Å²) in [6.07, 6.45) is 1.99. The third-order valence-electron chi connectivity index (χ3n) is 1.60. The van der Waals surface area contributed by atoms with Crippen LogP contribution in [0.25, 0.3) is 0 Å². The quantitative estimate of drug-likeness (QED) is 0.543. The van der Waals surface area contributed by atoms with Crippen LogP contribution in [0.15, 0.2) is 4.52 Å². The predicted octanol–water partition coefficient (Wildman–Crippen LogP) is 0.953. The van der Waals surface area contributed by atoms with Gasteiger partial charge >= 0.3 is 6.01 Å². The molecule has 0 aliphatic heterocycles. The van der Waals surface area contributed by atoms with Gasteiger partial charge in [0.1, 0.15) is 0 Å². The second-order valence-electron chi connectivity index (χ2n) is 2.78. The number of thioether (sulfide) groups is 1. The standard InChI is InChI=1S/C6H12N4OS/c1-6(2,12-3)4-8-5(9-7)11-10-4/h7H2,1-3H3,(H,8,9,10). The molecule has 0 saturated carbocycles. The lowest BCUT2D eigenvalue weighted by Crippen LogP contribution is -2.14. The van der Waals surface area contributed by atoms with Gasteiger partial charge in [0.05, 0.1) is 4.75 Å². The molecule has 68 valence electrons. The van der Waals surface area contributed by atoms with Crippen molar-refractivity contribution < 1.29 is 4.52 Å². The molecule has 12 heavy (non-hydrogen) atoms. The summed E-state index contributed by atoms with van der Waals surface area (Å²) in [4.78, 5) is 4.04. The Labute approximate surface area is 75.1 Å². The zero-order valence-electron chi connectivity index (χ0n) is 7.29. The van der Waals surface area contributed by atoms with Crippen LogP contribution in [-0.4, -0.2) is 16.4 Å². The van der Waals surface area contributed by atoms with Gasteiger partial charge < -0.3 is 4.52 Å². The summed E-state index contributed by atoms with van der Waals surface area (Å²) in [5.74, 6) is 5.74. The Morgan fingerprint density at radius 2 is 2.25 bits per heavy atom. The van der Waals surface area contributed by atoms with Gasteiger partial charge in [-0.2, -0.15) is 16.7 Å². The summed E-state index contributed by atoms with van der Waals surface area (Å²) in [5, 5.41) is 3.78. The number of nitrogens with one attached hydrogen (secondary N) is 1. The zero-order valence-corrected chi connectivity index (χ0v) is 8.10. The predicted molar refractivity (Wildman–Crippen MR) is 48.6 cm³/mol. The summed E-state index contributed by atoms with van der Waals surface area (Å²) in [5.41, 5.74) is 2.29. The monoisotopic (exact) mass is 188 g/mol. The Morgan fingerprint density at radius 3 is 2.67 bits per heavy atom. The molecule has 0 unspecified atom stereocenters. The van der Waals surface area contributed by atoms with E-state index in [9.17, 15) is 0 Å². The smallest absolute Gasteiger partial charge is 0.314 e. The van der Waals surface area contributed by atoms with Crippen LogP contribution in [-0.2, 0) is 4.75 Å². The molecule has 0 aliphatic rings. The lowest BCUT2D eigenvalue weighted by Gasteiger charge is -2.15. The summed E-state index contributed by atoms with van der Waals surface area (Å²) in [6.45, 7) is 4.03. The number of nitrogen functional groups attached to an aromatic ring is 1. The third-order valence-corrected chi connectivity index (χ3v) is 2.80. The van der Waals surface area contributed by atoms with Crippen LogP contribution in [0, 0.1) is 0 Å². The van der Waals surface area contributed by atoms with E-state index in [1.54, 1.807) is 11.8 Å². The molecule has 0 amide bonds. The Hall–Kier alpha value is -0.750. The van der Waals surface area contributed by atoms with E-state index < -0.39 is 0 Å². The van der Waals surface area contributed by atoms with Crippen molar-refractivity contribution in [3.8, 4) is 0 Å². The number of hydrogen-bond donors (Lipinski definition) is 2. The van der Waals surface area contributed by atoms with Crippen molar-refractivity contribution >= 4 is 17.8 Å². The number of nitrogens with zero attached hydrogens (tertiary/aromatic N) is 2. The van der Waals surface area contributed by atoms with Crippen LogP contribution in [0.2, 0.25) is 0 Å². The summed E-state index contributed by atoms with van der Waals surface area (Å²) >= 11 is 1.65. The minimum absolute atomic E-state index is 0.140. The molecule has 0 radical (unpaired) electrons. The average molecular weight is 188 g/mol. The molecule has 3 N–H and O–H groups in total. The number of anilines is 1. The normalized spacial score (nSPS) is 11.7. The third kappa shape index (κ3) is 1.70. The van der Waals surface area contributed by atoms with Gasteiger partial charge in [0.15, 0.2) is 5.82 Å². The Morgan fingerprint density at radius 1 is 1.58 bits per heavy atom. The molecular weight excluding hydrogens is 176 g/mol. The molecule has 1 heterocycles. The molecule has 0 atom stereocenters. The topological polar surface area (TPSA) is 77.0 Å². The molecule has 0 bridgehead atoms. The van der Waals surface area contributed by atoms with Gasteiger partial charge in [-0.15, -0.1) is 0 Å². The van der Waals surface area contributed by atoms with Crippen molar-refractivity contribution in [2.75, 3.05) is 11.7 Å². The molecule has 5 nitrogen and oxygen atoms in total. The highest BCUT2D eigenvalue weighted by atomic mass is 32.2. The summed E-state index contributed by atoms with van der Waals surface area (Å²) in [6, 6.07) is 0.243. The highest BCUT2D eigenvalue weighted by molar-refractivity contribution is 7.99. The first-order chi connectivity index (χ1) is 5.60. The molecule has 6 heteroatoms. The summed E-state index contributed by atoms with van der Waals surface area (Å²) < 4.78 is 4.65. The van der Waals surface area contributed by atoms with Crippen molar-refractivity contribution in [1.82, 2.24) is 10.1 Å². The van der Waals surface area contributed by atoms with Gasteiger partial charge in [-0.05, 0) is 20.1 Å². The SMILES string of the molecule is CSC(C)(C)c1noc(NN)n1. The molecule has 0 spiro atoms. The van der Waals surface area contributed by atoms with Crippen LogP contribution in [0.4, 0.5) is 6.01 Å². The van der Waals surface area contributed by atoms with Crippen molar-refractivity contribution in [2.24, 2.45) is 5.84 Å². The second kappa shape index (κ2) is 3.32. The van der Waals surface area contributed by atoms with Gasteiger partial charge in [0.25, 0.3) is 0 Å². The Kier molecular flexibility index (Phi) is 2.58. The number of aromatic nitrogens is 2. The molecule has 1 aromatic heterocycles. The van der Waals surface area contributed by atoms with E-state index >= 15 is 0 Å². The van der Waals surface area contributed by atoms with Crippen molar-refractivity contribution in [3.05, 3.63) is 5.82 Å². The van der Waals surface area contributed by atoms with E-state index in [1.165, 1.54) is 0 Å². The highest BCUT2D eigenvalue weighted by Gasteiger charge is 2.25. The van der Waals surface area contributed by atoms with E-state index in [1.807, 2.05) is 20.1 Å². The van der Waals surface area contributed by atoms with Crippen molar-refractivity contribution in [2.45, 2.75) is 18.6 Å². The second-order valence-corrected chi connectivity index (χ2v) is 4.21. The number of nitrogens with two attached hydrogens (primary N) is 1. The molecule has 0 saturated heterocycles. The molecule has 1 aromatic rings. The van der Waals surface area contributed by atoms with Crippen LogP contribution >= 0.6 is 11.8 Å². The molecule has 0 aliphatic carbocycles. The minimum atomic E-state index is -0.140. The fourth-order valence-corrected chi connectivity index (χ4v) is 0.883. The fourth-order valence-electron chi connectivity index (χ4n) is 0.618. The van der Waals surface area contributed by atoms with Gasteiger partial charge in [-0.25, -0.2) is 5.84 Å². The summed E-state index contributed by atoms with van der Waals surface area (Å²) in [7, 11) is 0. The Balaban J connectivity index is 2.88. The lowest BCUT2D eigenvalue weighted by atomic mass is 10.2. The van der Waals surface area contributed by atoms with Crippen LogP contribution in [0.3, 0.4) is 0 Å². The van der Waals surface area contributed by atoms with Crippen LogP contribution < -0.4 is 11.3 Å². The lowest BCUT2D eigenvalue weighted by molar-refractivity contribution is 0.416. The zero-order chi connectivity index (χ0) is 9.19. The maximum Gasteiger partial charge on any atom is 0.335 e. The maximum absolute atomic E-state index is 5.09. The maximum atomic E-state index is 5.09. The number of hydrogen-bond acceptors (Lipinski definition) is 6. The van der Waals surface area contributed by atoms with Gasteiger partial charge in [0.2, 0.25) is 0 Å². The van der Waals surface area contributed by atoms with Gasteiger partial charge in [-0.1, -0.05) is 5.16 Å². The Bertz CT molecular complexity index is 260. The van der Waals surface area contributed by atoms with Gasteiger partial charge in [0, 0.05) is 0 Å². The first kappa shape index (κ1) is 9.34. The van der Waals surface area contributed by atoms with Gasteiger partial charge in [-0.3, -0.25) is 5.43 Å². The fraction of sp³-hybridized carbons (Fsp3) is 0.667. The largest absolute Gasteiger partial charge is 0.335 e. The van der Waals surface area contributed by atoms with E-state index in [0.717, 1.165) is 0 Å². The first-order valence-electron chi connectivity index (χ1n) is 3.46. The van der Waals surface area contributed by atoms with E-state index in [4.69, 9.17) is 10.4 Å². The first-order valence-corrected chi connectivity index (χ1v) is 4.68.